The standard InChI is InChI=1S/C12H13ClN2O/c1-5-6-8(2)12-14-11(15-16-12)9(3)7-10(4)13/h5-7H,2,4H2,1,3H3/b6-5-,9-7+. The Morgan fingerprint density at radius 2 is 2.12 bits per heavy atom. The molecule has 0 unspecified atom stereocenters. The molecular formula is C12H13ClN2O. The number of halogens is 1. The summed E-state index contributed by atoms with van der Waals surface area (Å²) in [5.74, 6) is 0.892. The van der Waals surface area contributed by atoms with E-state index in [2.05, 4.69) is 23.3 Å². The minimum absolute atomic E-state index is 0.404. The van der Waals surface area contributed by atoms with E-state index < -0.39 is 0 Å². The molecule has 0 aliphatic rings. The Balaban J connectivity index is 2.95. The van der Waals surface area contributed by atoms with Crippen molar-refractivity contribution in [2.24, 2.45) is 0 Å². The molecule has 1 aromatic heterocycles. The summed E-state index contributed by atoms with van der Waals surface area (Å²) in [4.78, 5) is 4.19. The molecule has 0 atom stereocenters. The van der Waals surface area contributed by atoms with Gasteiger partial charge in [0.05, 0.1) is 0 Å². The van der Waals surface area contributed by atoms with E-state index in [0.717, 1.165) is 5.57 Å². The van der Waals surface area contributed by atoms with Crippen LogP contribution in [0.4, 0.5) is 0 Å². The summed E-state index contributed by atoms with van der Waals surface area (Å²) in [6.07, 6.45) is 5.33. The third-order valence-electron chi connectivity index (χ3n) is 1.79. The Labute approximate surface area is 99.8 Å². The van der Waals surface area contributed by atoms with Gasteiger partial charge >= 0.3 is 0 Å². The van der Waals surface area contributed by atoms with Gasteiger partial charge in [0.15, 0.2) is 5.82 Å². The molecule has 0 N–H and O–H groups in total. The molecule has 3 nitrogen and oxygen atoms in total. The van der Waals surface area contributed by atoms with E-state index in [1.54, 1.807) is 12.2 Å². The van der Waals surface area contributed by atoms with Crippen LogP contribution < -0.4 is 0 Å². The monoisotopic (exact) mass is 236 g/mol. The highest BCUT2D eigenvalue weighted by Crippen LogP contribution is 2.17. The molecule has 0 bridgehead atoms. The SMILES string of the molecule is C=C(Cl)/C=C(\C)c1noc(C(=C)/C=C\C)n1. The van der Waals surface area contributed by atoms with Crippen LogP contribution in [0.25, 0.3) is 11.1 Å². The maximum atomic E-state index is 5.66. The normalized spacial score (nSPS) is 12.1. The smallest absolute Gasteiger partial charge is 0.257 e. The van der Waals surface area contributed by atoms with Crippen molar-refractivity contribution in [2.75, 3.05) is 0 Å². The second kappa shape index (κ2) is 5.47. The minimum atomic E-state index is 0.404. The van der Waals surface area contributed by atoms with Gasteiger partial charge in [-0.05, 0) is 25.5 Å². The van der Waals surface area contributed by atoms with Gasteiger partial charge < -0.3 is 4.52 Å². The first-order chi connectivity index (χ1) is 7.54. The van der Waals surface area contributed by atoms with Crippen LogP contribution >= 0.6 is 11.6 Å². The van der Waals surface area contributed by atoms with Gasteiger partial charge in [0.2, 0.25) is 0 Å². The fraction of sp³-hybridized carbons (Fsp3) is 0.167. The molecule has 1 rings (SSSR count). The third kappa shape index (κ3) is 3.21. The molecule has 0 saturated heterocycles. The van der Waals surface area contributed by atoms with Crippen molar-refractivity contribution < 1.29 is 4.52 Å². The Morgan fingerprint density at radius 3 is 2.69 bits per heavy atom. The fourth-order valence-corrected chi connectivity index (χ4v) is 1.25. The molecule has 0 spiro atoms. The van der Waals surface area contributed by atoms with Crippen LogP contribution in [0, 0.1) is 0 Å². The van der Waals surface area contributed by atoms with Crippen molar-refractivity contribution in [1.82, 2.24) is 10.1 Å². The van der Waals surface area contributed by atoms with Crippen LogP contribution in [-0.2, 0) is 0 Å². The molecule has 1 heterocycles. The maximum Gasteiger partial charge on any atom is 0.257 e. The Morgan fingerprint density at radius 1 is 1.44 bits per heavy atom. The minimum Gasteiger partial charge on any atom is -0.334 e. The van der Waals surface area contributed by atoms with Crippen LogP contribution in [0.5, 0.6) is 0 Å². The van der Waals surface area contributed by atoms with Crippen molar-refractivity contribution in [2.45, 2.75) is 13.8 Å². The lowest BCUT2D eigenvalue weighted by Gasteiger charge is -1.91. The summed E-state index contributed by atoms with van der Waals surface area (Å²) in [7, 11) is 0. The summed E-state index contributed by atoms with van der Waals surface area (Å²) in [5.41, 5.74) is 1.47. The molecule has 0 saturated carbocycles. The van der Waals surface area contributed by atoms with E-state index in [-0.39, 0.29) is 0 Å². The molecule has 4 heteroatoms. The number of hydrogen-bond donors (Lipinski definition) is 0. The molecule has 0 amide bonds. The zero-order valence-electron chi connectivity index (χ0n) is 9.33. The van der Waals surface area contributed by atoms with E-state index in [9.17, 15) is 0 Å². The summed E-state index contributed by atoms with van der Waals surface area (Å²) >= 11 is 5.66. The Hall–Kier alpha value is -1.61. The van der Waals surface area contributed by atoms with Gasteiger partial charge in [-0.25, -0.2) is 0 Å². The Bertz CT molecular complexity index is 469. The van der Waals surface area contributed by atoms with Crippen LogP contribution in [0.1, 0.15) is 25.6 Å². The number of hydrogen-bond acceptors (Lipinski definition) is 3. The van der Waals surface area contributed by atoms with Crippen molar-refractivity contribution in [3.63, 3.8) is 0 Å². The van der Waals surface area contributed by atoms with Gasteiger partial charge in [-0.1, -0.05) is 42.1 Å². The van der Waals surface area contributed by atoms with Crippen LogP contribution in [0.15, 0.2) is 40.9 Å². The lowest BCUT2D eigenvalue weighted by molar-refractivity contribution is 0.406. The maximum absolute atomic E-state index is 5.66. The molecule has 0 aliphatic carbocycles. The van der Waals surface area contributed by atoms with E-state index >= 15 is 0 Å². The van der Waals surface area contributed by atoms with Crippen LogP contribution in [0.2, 0.25) is 0 Å². The average molecular weight is 237 g/mol. The lowest BCUT2D eigenvalue weighted by Crippen LogP contribution is -1.84. The first-order valence-corrected chi connectivity index (χ1v) is 5.11. The second-order valence-corrected chi connectivity index (χ2v) is 3.71. The van der Waals surface area contributed by atoms with E-state index in [4.69, 9.17) is 16.1 Å². The van der Waals surface area contributed by atoms with Gasteiger partial charge in [0.1, 0.15) is 0 Å². The molecule has 1 aromatic rings. The highest BCUT2D eigenvalue weighted by molar-refractivity contribution is 6.31. The first-order valence-electron chi connectivity index (χ1n) is 4.73. The second-order valence-electron chi connectivity index (χ2n) is 3.22. The third-order valence-corrected chi connectivity index (χ3v) is 1.90. The zero-order valence-corrected chi connectivity index (χ0v) is 10.1. The van der Waals surface area contributed by atoms with E-state index in [1.165, 1.54) is 0 Å². The van der Waals surface area contributed by atoms with Crippen molar-refractivity contribution in [3.05, 3.63) is 48.1 Å². The Kier molecular flexibility index (Phi) is 4.26. The lowest BCUT2D eigenvalue weighted by atomic mass is 10.2. The van der Waals surface area contributed by atoms with Crippen molar-refractivity contribution in [1.29, 1.82) is 0 Å². The fourth-order valence-electron chi connectivity index (χ4n) is 1.09. The van der Waals surface area contributed by atoms with Gasteiger partial charge in [0, 0.05) is 10.6 Å². The van der Waals surface area contributed by atoms with Gasteiger partial charge in [-0.2, -0.15) is 4.98 Å². The highest BCUT2D eigenvalue weighted by atomic mass is 35.5. The first kappa shape index (κ1) is 12.5. The molecular weight excluding hydrogens is 224 g/mol. The van der Waals surface area contributed by atoms with Gasteiger partial charge in [-0.15, -0.1) is 0 Å². The number of rotatable bonds is 4. The zero-order chi connectivity index (χ0) is 12.1. The van der Waals surface area contributed by atoms with Gasteiger partial charge in [0.25, 0.3) is 5.89 Å². The molecule has 16 heavy (non-hydrogen) atoms. The molecule has 0 aliphatic heterocycles. The van der Waals surface area contributed by atoms with Crippen molar-refractivity contribution in [3.8, 4) is 0 Å². The number of aromatic nitrogens is 2. The summed E-state index contributed by atoms with van der Waals surface area (Å²) in [6.45, 7) is 11.1. The number of allylic oxidation sites excluding steroid dienone is 6. The molecule has 84 valence electrons. The van der Waals surface area contributed by atoms with Crippen LogP contribution in [-0.4, -0.2) is 10.1 Å². The summed E-state index contributed by atoms with van der Waals surface area (Å²) < 4.78 is 5.06. The van der Waals surface area contributed by atoms with Crippen molar-refractivity contribution >= 4 is 22.7 Å². The molecule has 0 radical (unpaired) electrons. The topological polar surface area (TPSA) is 38.9 Å². The predicted molar refractivity (Wildman–Crippen MR) is 66.8 cm³/mol. The van der Waals surface area contributed by atoms with E-state index in [0.29, 0.717) is 22.3 Å². The highest BCUT2D eigenvalue weighted by Gasteiger charge is 2.08. The van der Waals surface area contributed by atoms with Crippen LogP contribution in [0.3, 0.4) is 0 Å². The van der Waals surface area contributed by atoms with Gasteiger partial charge in [-0.3, -0.25) is 0 Å². The summed E-state index contributed by atoms with van der Waals surface area (Å²) in [5, 5.41) is 4.25. The summed E-state index contributed by atoms with van der Waals surface area (Å²) in [6, 6.07) is 0. The molecule has 0 fully saturated rings. The largest absolute Gasteiger partial charge is 0.334 e. The molecule has 0 aromatic carbocycles. The van der Waals surface area contributed by atoms with E-state index in [1.807, 2.05) is 19.9 Å². The predicted octanol–water partition coefficient (Wildman–Crippen LogP) is 3.81. The quantitative estimate of drug-likeness (QED) is 0.746. The number of nitrogens with zero attached hydrogens (tertiary/aromatic N) is 2. The average Bonchev–Trinajstić information content (AvgIpc) is 2.65.